The van der Waals surface area contributed by atoms with Gasteiger partial charge in [-0.2, -0.15) is 10.2 Å². The standard InChI is InChI=1S/C18H24F2N4O2/c1-12(2)24-16(17(21)25)15(23-9-3-4-10-26-23)14(22-24)11-13-5-7-18(19,20)8-6-13/h3-4,9-10,12-13H,5-8,11H2,1-2H3,(H2,21,25). The summed E-state index contributed by atoms with van der Waals surface area (Å²) in [6, 6.07) is -0.0787. The molecule has 1 amide bonds. The van der Waals surface area contributed by atoms with Gasteiger partial charge in [-0.15, -0.1) is 0 Å². The molecular formula is C18H24F2N4O2. The Balaban J connectivity index is 1.95. The molecule has 1 saturated carbocycles. The first-order valence-corrected chi connectivity index (χ1v) is 8.87. The predicted molar refractivity (Wildman–Crippen MR) is 93.6 cm³/mol. The van der Waals surface area contributed by atoms with Crippen molar-refractivity contribution in [3.8, 4) is 0 Å². The van der Waals surface area contributed by atoms with Crippen molar-refractivity contribution in [1.82, 2.24) is 9.78 Å². The zero-order valence-corrected chi connectivity index (χ0v) is 15.0. The number of carbonyl (C=O) groups excluding carboxylic acids is 1. The normalized spacial score (nSPS) is 19.8. The monoisotopic (exact) mass is 366 g/mol. The Hall–Kier alpha value is -2.38. The van der Waals surface area contributed by atoms with Crippen molar-refractivity contribution in [2.45, 2.75) is 57.9 Å². The number of hydrogen-bond acceptors (Lipinski definition) is 4. The lowest BCUT2D eigenvalue weighted by atomic mass is 9.84. The summed E-state index contributed by atoms with van der Waals surface area (Å²) in [4.78, 5) is 17.6. The molecule has 0 bridgehead atoms. The predicted octanol–water partition coefficient (Wildman–Crippen LogP) is 3.71. The molecule has 2 heterocycles. The first kappa shape index (κ1) is 18.4. The van der Waals surface area contributed by atoms with Gasteiger partial charge in [0, 0.05) is 25.1 Å². The molecule has 1 aliphatic heterocycles. The van der Waals surface area contributed by atoms with Crippen LogP contribution < -0.4 is 10.8 Å². The number of amides is 1. The van der Waals surface area contributed by atoms with E-state index in [1.54, 1.807) is 23.0 Å². The molecule has 0 atom stereocenters. The summed E-state index contributed by atoms with van der Waals surface area (Å²) < 4.78 is 28.5. The molecule has 1 aliphatic carbocycles. The lowest BCUT2D eigenvalue weighted by Crippen LogP contribution is -2.26. The van der Waals surface area contributed by atoms with Crippen LogP contribution >= 0.6 is 0 Å². The fourth-order valence-electron chi connectivity index (χ4n) is 3.46. The second kappa shape index (κ2) is 7.09. The van der Waals surface area contributed by atoms with Gasteiger partial charge in [-0.3, -0.25) is 9.48 Å². The number of halogens is 2. The minimum atomic E-state index is -2.57. The molecule has 1 aromatic heterocycles. The molecule has 0 unspecified atom stereocenters. The van der Waals surface area contributed by atoms with Gasteiger partial charge in [0.25, 0.3) is 5.91 Å². The smallest absolute Gasteiger partial charge is 0.269 e. The van der Waals surface area contributed by atoms with E-state index in [2.05, 4.69) is 5.10 Å². The van der Waals surface area contributed by atoms with Crippen molar-refractivity contribution in [2.24, 2.45) is 11.7 Å². The summed E-state index contributed by atoms with van der Waals surface area (Å²) in [6.45, 7) is 3.81. The molecule has 142 valence electrons. The van der Waals surface area contributed by atoms with Gasteiger partial charge in [0.2, 0.25) is 5.92 Å². The number of carbonyl (C=O) groups is 1. The third-order valence-electron chi connectivity index (χ3n) is 4.80. The van der Waals surface area contributed by atoms with E-state index in [0.717, 1.165) is 0 Å². The number of nitrogens with zero attached hydrogens (tertiary/aromatic N) is 3. The zero-order chi connectivity index (χ0) is 18.9. The number of hydroxylamine groups is 1. The molecule has 2 aliphatic rings. The topological polar surface area (TPSA) is 73.4 Å². The Bertz CT molecular complexity index is 730. The molecule has 26 heavy (non-hydrogen) atoms. The van der Waals surface area contributed by atoms with Crippen LogP contribution in [0.25, 0.3) is 0 Å². The Labute approximate surface area is 151 Å². The minimum absolute atomic E-state index is 0.0787. The summed E-state index contributed by atoms with van der Waals surface area (Å²) in [7, 11) is 0. The molecule has 0 spiro atoms. The number of rotatable bonds is 5. The van der Waals surface area contributed by atoms with E-state index in [4.69, 9.17) is 10.6 Å². The summed E-state index contributed by atoms with van der Waals surface area (Å²) in [5, 5.41) is 6.04. The third-order valence-corrected chi connectivity index (χ3v) is 4.80. The van der Waals surface area contributed by atoms with Gasteiger partial charge in [0.1, 0.15) is 11.9 Å². The summed E-state index contributed by atoms with van der Waals surface area (Å²) >= 11 is 0. The first-order chi connectivity index (χ1) is 12.3. The molecule has 2 N–H and O–H groups in total. The number of alkyl halides is 2. The van der Waals surface area contributed by atoms with Crippen molar-refractivity contribution >= 4 is 11.6 Å². The number of allylic oxidation sites excluding steroid dienone is 2. The Kier molecular flexibility index (Phi) is 5.02. The number of aromatic nitrogens is 2. The SMILES string of the molecule is CC(C)n1nc(CC2CCC(F)(F)CC2)c(N2C=CC=CO2)c1C(N)=O. The zero-order valence-electron chi connectivity index (χ0n) is 15.0. The van der Waals surface area contributed by atoms with Crippen molar-refractivity contribution in [3.05, 3.63) is 36.0 Å². The second-order valence-corrected chi connectivity index (χ2v) is 7.15. The van der Waals surface area contributed by atoms with E-state index in [9.17, 15) is 13.6 Å². The van der Waals surface area contributed by atoms with Crippen LogP contribution in [0, 0.1) is 5.92 Å². The molecule has 0 saturated heterocycles. The van der Waals surface area contributed by atoms with Gasteiger partial charge in [0.15, 0.2) is 5.69 Å². The van der Waals surface area contributed by atoms with Crippen LogP contribution in [0.2, 0.25) is 0 Å². The van der Waals surface area contributed by atoms with Crippen LogP contribution in [0.4, 0.5) is 14.5 Å². The van der Waals surface area contributed by atoms with Gasteiger partial charge in [-0.25, -0.2) is 8.78 Å². The average Bonchev–Trinajstić information content (AvgIpc) is 2.97. The summed E-state index contributed by atoms with van der Waals surface area (Å²) in [5.74, 6) is -3.08. The van der Waals surface area contributed by atoms with Crippen molar-refractivity contribution in [3.63, 3.8) is 0 Å². The largest absolute Gasteiger partial charge is 0.383 e. The number of nitrogens with two attached hydrogens (primary N) is 1. The molecule has 0 aromatic carbocycles. The highest BCUT2D eigenvalue weighted by Crippen LogP contribution is 2.39. The Morgan fingerprint density at radius 1 is 1.38 bits per heavy atom. The molecule has 1 fully saturated rings. The summed E-state index contributed by atoms with van der Waals surface area (Å²) in [6.07, 6.45) is 7.81. The molecule has 3 rings (SSSR count). The van der Waals surface area contributed by atoms with E-state index in [-0.39, 0.29) is 30.5 Å². The van der Waals surface area contributed by atoms with Gasteiger partial charge in [-0.1, -0.05) is 0 Å². The lowest BCUT2D eigenvalue weighted by Gasteiger charge is -2.28. The fourth-order valence-corrected chi connectivity index (χ4v) is 3.46. The fraction of sp³-hybridized carbons (Fsp3) is 0.556. The number of primary amides is 1. The molecular weight excluding hydrogens is 342 g/mol. The van der Waals surface area contributed by atoms with Gasteiger partial charge < -0.3 is 10.6 Å². The van der Waals surface area contributed by atoms with Crippen LogP contribution in [0.3, 0.4) is 0 Å². The molecule has 6 nitrogen and oxygen atoms in total. The lowest BCUT2D eigenvalue weighted by molar-refractivity contribution is -0.0457. The van der Waals surface area contributed by atoms with E-state index in [1.807, 2.05) is 13.8 Å². The summed E-state index contributed by atoms with van der Waals surface area (Å²) in [5.41, 5.74) is 7.01. The highest BCUT2D eigenvalue weighted by molar-refractivity contribution is 5.97. The second-order valence-electron chi connectivity index (χ2n) is 7.15. The van der Waals surface area contributed by atoms with Crippen LogP contribution in [-0.2, 0) is 11.3 Å². The highest BCUT2D eigenvalue weighted by Gasteiger charge is 2.36. The number of hydrogen-bond donors (Lipinski definition) is 1. The first-order valence-electron chi connectivity index (χ1n) is 8.87. The molecule has 0 radical (unpaired) electrons. The van der Waals surface area contributed by atoms with E-state index in [0.29, 0.717) is 30.6 Å². The maximum atomic E-state index is 13.4. The van der Waals surface area contributed by atoms with E-state index >= 15 is 0 Å². The van der Waals surface area contributed by atoms with Gasteiger partial charge in [0.05, 0.1) is 5.69 Å². The Morgan fingerprint density at radius 3 is 2.62 bits per heavy atom. The van der Waals surface area contributed by atoms with E-state index in [1.165, 1.54) is 11.3 Å². The number of anilines is 1. The highest BCUT2D eigenvalue weighted by atomic mass is 19.3. The van der Waals surface area contributed by atoms with Crippen LogP contribution in [-0.4, -0.2) is 21.6 Å². The maximum absolute atomic E-state index is 13.4. The molecule has 1 aromatic rings. The van der Waals surface area contributed by atoms with E-state index < -0.39 is 11.8 Å². The van der Waals surface area contributed by atoms with Gasteiger partial charge >= 0.3 is 0 Å². The minimum Gasteiger partial charge on any atom is -0.383 e. The Morgan fingerprint density at radius 2 is 2.08 bits per heavy atom. The van der Waals surface area contributed by atoms with Gasteiger partial charge in [-0.05, 0) is 51.2 Å². The van der Waals surface area contributed by atoms with Crippen LogP contribution in [0.1, 0.15) is 61.8 Å². The average molecular weight is 366 g/mol. The molecule has 8 heteroatoms. The van der Waals surface area contributed by atoms with Crippen molar-refractivity contribution < 1.29 is 18.4 Å². The maximum Gasteiger partial charge on any atom is 0.269 e. The van der Waals surface area contributed by atoms with Crippen LogP contribution in [0.15, 0.2) is 24.6 Å². The van der Waals surface area contributed by atoms with Crippen LogP contribution in [0.5, 0.6) is 0 Å². The van der Waals surface area contributed by atoms with Crippen molar-refractivity contribution in [2.75, 3.05) is 5.06 Å². The third kappa shape index (κ3) is 3.73. The van der Waals surface area contributed by atoms with Crippen molar-refractivity contribution in [1.29, 1.82) is 0 Å². The quantitative estimate of drug-likeness (QED) is 0.862.